The maximum absolute atomic E-state index is 13.9. The summed E-state index contributed by atoms with van der Waals surface area (Å²) in [6.45, 7) is -0.827. The van der Waals surface area contributed by atoms with E-state index in [9.17, 15) is 26.7 Å². The Morgan fingerprint density at radius 2 is 1.54 bits per heavy atom. The molecule has 0 radical (unpaired) electrons. The summed E-state index contributed by atoms with van der Waals surface area (Å²) in [6, 6.07) is 7.34. The number of anilines is 1. The van der Waals surface area contributed by atoms with Gasteiger partial charge in [-0.05, 0) is 24.3 Å². The zero-order valence-electron chi connectivity index (χ0n) is 17.2. The molecule has 0 saturated carbocycles. The van der Waals surface area contributed by atoms with Crippen molar-refractivity contribution in [2.75, 3.05) is 5.32 Å². The number of nitrogens with zero attached hydrogens (tertiary/aromatic N) is 4. The molecule has 0 spiro atoms. The largest absolute Gasteiger partial charge is 0.470 e. The van der Waals surface area contributed by atoms with E-state index in [0.29, 0.717) is 15.8 Å². The van der Waals surface area contributed by atoms with Crippen molar-refractivity contribution < 1.29 is 31.5 Å². The summed E-state index contributed by atoms with van der Waals surface area (Å²) < 4.78 is 75.4. The maximum atomic E-state index is 13.9. The van der Waals surface area contributed by atoms with Gasteiger partial charge in [-0.2, -0.15) is 10.2 Å². The van der Waals surface area contributed by atoms with Crippen LogP contribution in [-0.2, 0) is 13.3 Å². The molecule has 0 aliphatic rings. The van der Waals surface area contributed by atoms with Crippen molar-refractivity contribution in [3.8, 4) is 5.75 Å². The predicted octanol–water partition coefficient (Wildman–Crippen LogP) is 5.42. The number of aromatic nitrogens is 4. The van der Waals surface area contributed by atoms with E-state index in [-0.39, 0.29) is 18.2 Å². The summed E-state index contributed by atoms with van der Waals surface area (Å²) in [5, 5.41) is 11.1. The van der Waals surface area contributed by atoms with E-state index >= 15 is 0 Å². The Hall–Kier alpha value is -3.64. The molecule has 14 heteroatoms. The van der Waals surface area contributed by atoms with Crippen LogP contribution >= 0.6 is 23.2 Å². The third-order valence-electron chi connectivity index (χ3n) is 4.62. The van der Waals surface area contributed by atoms with Gasteiger partial charge in [-0.1, -0.05) is 23.2 Å². The van der Waals surface area contributed by atoms with Crippen LogP contribution in [0.5, 0.6) is 5.75 Å². The lowest BCUT2D eigenvalue weighted by molar-refractivity contribution is 0.101. The number of rotatable bonds is 7. The van der Waals surface area contributed by atoms with Crippen LogP contribution in [0.4, 0.5) is 27.8 Å². The van der Waals surface area contributed by atoms with Gasteiger partial charge in [-0.3, -0.25) is 9.48 Å². The fraction of sp³-hybridized carbons (Fsp3) is 0.0952. The smallest absolute Gasteiger partial charge is 0.277 e. The fourth-order valence-corrected chi connectivity index (χ4v) is 3.39. The molecule has 2 aromatic carbocycles. The van der Waals surface area contributed by atoms with Crippen molar-refractivity contribution in [3.05, 3.63) is 93.1 Å². The summed E-state index contributed by atoms with van der Waals surface area (Å²) in [5.74, 6) is -10.7. The lowest BCUT2D eigenvalue weighted by Gasteiger charge is -2.08. The van der Waals surface area contributed by atoms with Crippen LogP contribution in [0.3, 0.4) is 0 Å². The molecule has 1 N–H and O–H groups in total. The Morgan fingerprint density at radius 3 is 2.23 bits per heavy atom. The van der Waals surface area contributed by atoms with Crippen LogP contribution in [0.1, 0.15) is 16.1 Å². The van der Waals surface area contributed by atoms with Gasteiger partial charge in [-0.15, -0.1) is 0 Å². The van der Waals surface area contributed by atoms with Gasteiger partial charge in [0.15, 0.2) is 41.5 Å². The van der Waals surface area contributed by atoms with Crippen molar-refractivity contribution >= 4 is 34.9 Å². The van der Waals surface area contributed by atoms with Crippen LogP contribution in [0, 0.1) is 29.1 Å². The highest BCUT2D eigenvalue weighted by atomic mass is 35.5. The molecule has 0 bridgehead atoms. The molecule has 182 valence electrons. The molecule has 0 atom stereocenters. The molecule has 0 saturated heterocycles. The Kier molecular flexibility index (Phi) is 6.94. The molecule has 0 aliphatic carbocycles. The zero-order valence-corrected chi connectivity index (χ0v) is 18.7. The van der Waals surface area contributed by atoms with Crippen molar-refractivity contribution in [2.45, 2.75) is 13.3 Å². The highest BCUT2D eigenvalue weighted by molar-refractivity contribution is 6.35. The van der Waals surface area contributed by atoms with Crippen LogP contribution in [0.25, 0.3) is 0 Å². The monoisotopic (exact) mass is 531 g/mol. The summed E-state index contributed by atoms with van der Waals surface area (Å²) >= 11 is 11.9. The highest BCUT2D eigenvalue weighted by Crippen LogP contribution is 2.28. The number of amides is 1. The van der Waals surface area contributed by atoms with E-state index in [1.54, 1.807) is 12.1 Å². The topological polar surface area (TPSA) is 74.0 Å². The fourth-order valence-electron chi connectivity index (χ4n) is 2.93. The third-order valence-corrected chi connectivity index (χ3v) is 5.15. The Bertz CT molecular complexity index is 1400. The molecule has 1 amide bonds. The number of halogens is 7. The Labute approximate surface area is 203 Å². The summed E-state index contributed by atoms with van der Waals surface area (Å²) in [4.78, 5) is 12.4. The lowest BCUT2D eigenvalue weighted by Crippen LogP contribution is -2.15. The van der Waals surface area contributed by atoms with E-state index in [2.05, 4.69) is 15.5 Å². The molecule has 2 heterocycles. The average molecular weight is 532 g/mol. The van der Waals surface area contributed by atoms with Gasteiger partial charge in [0.1, 0.15) is 5.75 Å². The van der Waals surface area contributed by atoms with E-state index in [1.165, 1.54) is 35.3 Å². The Balaban J connectivity index is 1.40. The molecule has 35 heavy (non-hydrogen) atoms. The number of hydrogen-bond acceptors (Lipinski definition) is 4. The number of hydrogen-bond donors (Lipinski definition) is 1. The van der Waals surface area contributed by atoms with Gasteiger partial charge in [-0.25, -0.2) is 26.6 Å². The first-order valence-corrected chi connectivity index (χ1v) is 10.4. The first-order chi connectivity index (χ1) is 16.6. The second-order valence-electron chi connectivity index (χ2n) is 6.99. The SMILES string of the molecule is O=C(Nc1ccn(Cc2c(F)c(F)c(F)c(F)c2F)n1)c1ccn(COc2ccc(Cl)cc2Cl)n1. The highest BCUT2D eigenvalue weighted by Gasteiger charge is 2.26. The van der Waals surface area contributed by atoms with Crippen molar-refractivity contribution in [3.63, 3.8) is 0 Å². The maximum Gasteiger partial charge on any atom is 0.277 e. The number of ether oxygens (including phenoxy) is 1. The number of carbonyl (C=O) groups excluding carboxylic acids is 1. The van der Waals surface area contributed by atoms with Crippen molar-refractivity contribution in [2.24, 2.45) is 0 Å². The summed E-state index contributed by atoms with van der Waals surface area (Å²) in [6.07, 6.45) is 2.66. The molecular formula is C21H12Cl2F5N5O2. The second-order valence-corrected chi connectivity index (χ2v) is 7.83. The average Bonchev–Trinajstić information content (AvgIpc) is 3.48. The van der Waals surface area contributed by atoms with E-state index in [1.807, 2.05) is 0 Å². The van der Waals surface area contributed by atoms with Gasteiger partial charge in [0.25, 0.3) is 5.91 Å². The molecule has 0 unspecified atom stereocenters. The van der Waals surface area contributed by atoms with Gasteiger partial charge < -0.3 is 10.1 Å². The van der Waals surface area contributed by atoms with E-state index in [0.717, 1.165) is 4.68 Å². The first kappa shape index (κ1) is 24.5. The van der Waals surface area contributed by atoms with Gasteiger partial charge in [0.2, 0.25) is 5.82 Å². The van der Waals surface area contributed by atoms with Crippen LogP contribution in [0.2, 0.25) is 10.0 Å². The summed E-state index contributed by atoms with van der Waals surface area (Å²) in [7, 11) is 0. The van der Waals surface area contributed by atoms with Gasteiger partial charge in [0.05, 0.1) is 17.1 Å². The number of benzene rings is 2. The quantitative estimate of drug-likeness (QED) is 0.196. The minimum Gasteiger partial charge on any atom is -0.470 e. The van der Waals surface area contributed by atoms with Crippen molar-refractivity contribution in [1.82, 2.24) is 19.6 Å². The minimum absolute atomic E-state index is 0.00915. The van der Waals surface area contributed by atoms with E-state index in [4.69, 9.17) is 27.9 Å². The Morgan fingerprint density at radius 1 is 0.886 bits per heavy atom. The molecule has 0 fully saturated rings. The molecular weight excluding hydrogens is 520 g/mol. The molecule has 4 rings (SSSR count). The number of nitrogens with one attached hydrogen (secondary N) is 1. The molecule has 0 aliphatic heterocycles. The predicted molar refractivity (Wildman–Crippen MR) is 115 cm³/mol. The standard InChI is InChI=1S/C21H12Cl2F5N5O2/c22-10-1-2-14(12(23)7-10)35-9-33-5-3-13(30-33)21(34)29-15-4-6-32(31-15)8-11-16(24)18(26)20(28)19(27)17(11)25/h1-7H,8-9H2,(H,29,31,34). The third kappa shape index (κ3) is 5.23. The molecule has 7 nitrogen and oxygen atoms in total. The normalized spacial score (nSPS) is 11.1. The van der Waals surface area contributed by atoms with Gasteiger partial charge in [0, 0.05) is 23.5 Å². The van der Waals surface area contributed by atoms with Crippen LogP contribution in [-0.4, -0.2) is 25.5 Å². The number of carbonyl (C=O) groups is 1. The van der Waals surface area contributed by atoms with Crippen LogP contribution in [0.15, 0.2) is 42.7 Å². The lowest BCUT2D eigenvalue weighted by atomic mass is 10.1. The minimum atomic E-state index is -2.25. The first-order valence-electron chi connectivity index (χ1n) is 9.60. The summed E-state index contributed by atoms with van der Waals surface area (Å²) in [5.41, 5.74) is -1.08. The van der Waals surface area contributed by atoms with E-state index < -0.39 is 47.1 Å². The molecule has 4 aromatic rings. The van der Waals surface area contributed by atoms with Gasteiger partial charge >= 0.3 is 0 Å². The zero-order chi connectivity index (χ0) is 25.3. The molecule has 2 aromatic heterocycles. The van der Waals surface area contributed by atoms with Crippen LogP contribution < -0.4 is 10.1 Å². The second kappa shape index (κ2) is 9.92. The van der Waals surface area contributed by atoms with Crippen molar-refractivity contribution in [1.29, 1.82) is 0 Å².